The summed E-state index contributed by atoms with van der Waals surface area (Å²) in [6, 6.07) is 6.46. The zero-order valence-electron chi connectivity index (χ0n) is 21.5. The second-order valence-corrected chi connectivity index (χ2v) is 13.9. The zero-order chi connectivity index (χ0) is 25.7. The molecule has 3 aliphatic rings. The molecule has 1 aromatic carbocycles. The van der Waals surface area contributed by atoms with Gasteiger partial charge in [-0.15, -0.1) is 11.3 Å². The molecule has 6 atom stereocenters. The Morgan fingerprint density at radius 2 is 2.11 bits per heavy atom. The minimum Gasteiger partial charge on any atom is -0.497 e. The molecule has 0 aliphatic heterocycles. The minimum atomic E-state index is -3.58. The fourth-order valence-electron chi connectivity index (χ4n) is 7.49. The van der Waals surface area contributed by atoms with Crippen molar-refractivity contribution >= 4 is 32.5 Å². The van der Waals surface area contributed by atoms with Gasteiger partial charge in [0.15, 0.2) is 5.13 Å². The summed E-state index contributed by atoms with van der Waals surface area (Å²) >= 11 is 1.47. The van der Waals surface area contributed by atoms with Gasteiger partial charge in [0.25, 0.3) is 10.1 Å². The van der Waals surface area contributed by atoms with Gasteiger partial charge in [-0.05, 0) is 97.8 Å². The van der Waals surface area contributed by atoms with Crippen molar-refractivity contribution < 1.29 is 22.1 Å². The van der Waals surface area contributed by atoms with E-state index in [0.29, 0.717) is 35.7 Å². The van der Waals surface area contributed by atoms with Gasteiger partial charge >= 0.3 is 0 Å². The molecule has 0 saturated heterocycles. The molecule has 1 heterocycles. The molecular weight excluding hydrogens is 496 g/mol. The van der Waals surface area contributed by atoms with Gasteiger partial charge in [-0.1, -0.05) is 13.0 Å². The number of rotatable bonds is 7. The van der Waals surface area contributed by atoms with E-state index in [0.717, 1.165) is 49.0 Å². The minimum absolute atomic E-state index is 0.0352. The molecule has 196 valence electrons. The summed E-state index contributed by atoms with van der Waals surface area (Å²) in [6.45, 7) is 4.19. The molecule has 2 aromatic rings. The monoisotopic (exact) mass is 532 g/mol. The van der Waals surface area contributed by atoms with Crippen molar-refractivity contribution in [3.05, 3.63) is 40.4 Å². The van der Waals surface area contributed by atoms with Crippen molar-refractivity contribution in [3.8, 4) is 5.75 Å². The lowest BCUT2D eigenvalue weighted by Crippen LogP contribution is -2.46. The van der Waals surface area contributed by atoms with Crippen LogP contribution in [0.1, 0.15) is 67.4 Å². The lowest BCUT2D eigenvalue weighted by atomic mass is 9.53. The number of aromatic nitrogens is 1. The Morgan fingerprint density at radius 1 is 1.31 bits per heavy atom. The highest BCUT2D eigenvalue weighted by Gasteiger charge is 2.59. The Balaban J connectivity index is 1.39. The molecule has 2 fully saturated rings. The number of amides is 1. The van der Waals surface area contributed by atoms with Crippen LogP contribution in [0.15, 0.2) is 24.4 Å². The Kier molecular flexibility index (Phi) is 6.93. The fraction of sp³-hybridized carbons (Fsp3) is 0.630. The van der Waals surface area contributed by atoms with Crippen molar-refractivity contribution in [2.45, 2.75) is 70.8 Å². The first kappa shape index (κ1) is 25.7. The van der Waals surface area contributed by atoms with Crippen LogP contribution >= 0.6 is 11.3 Å². The molecule has 1 N–H and O–H groups in total. The van der Waals surface area contributed by atoms with Crippen LogP contribution in [0.5, 0.6) is 5.75 Å². The molecule has 1 amide bonds. The van der Waals surface area contributed by atoms with Gasteiger partial charge in [0.05, 0.1) is 19.5 Å². The molecule has 0 bridgehead atoms. The van der Waals surface area contributed by atoms with Crippen LogP contribution in [0.3, 0.4) is 0 Å². The van der Waals surface area contributed by atoms with Gasteiger partial charge < -0.3 is 10.1 Å². The predicted octanol–water partition coefficient (Wildman–Crippen LogP) is 5.31. The summed E-state index contributed by atoms with van der Waals surface area (Å²) in [5.74, 6) is 2.31. The topological polar surface area (TPSA) is 94.6 Å². The lowest BCUT2D eigenvalue weighted by molar-refractivity contribution is -0.116. The summed E-state index contributed by atoms with van der Waals surface area (Å²) in [6.07, 6.45) is 8.37. The largest absolute Gasteiger partial charge is 0.497 e. The van der Waals surface area contributed by atoms with Crippen LogP contribution < -0.4 is 10.1 Å². The number of thiazole rings is 1. The van der Waals surface area contributed by atoms with Crippen LogP contribution in [0.25, 0.3) is 0 Å². The van der Waals surface area contributed by atoms with Gasteiger partial charge in [-0.2, -0.15) is 8.42 Å². The van der Waals surface area contributed by atoms with E-state index in [9.17, 15) is 13.2 Å². The van der Waals surface area contributed by atoms with E-state index in [4.69, 9.17) is 8.92 Å². The molecule has 9 heteroatoms. The average molecular weight is 533 g/mol. The van der Waals surface area contributed by atoms with Crippen molar-refractivity contribution in [2.24, 2.45) is 23.2 Å². The summed E-state index contributed by atoms with van der Waals surface area (Å²) in [5, 5.41) is 3.56. The Bertz CT molecular complexity index is 1240. The second kappa shape index (κ2) is 9.72. The standard InChI is InChI=1S/C27H36N2O5S2/c1-16-15-28-26(35-16)29-24(30)10-6-18-14-23(34-36(4,31)32)27(2)12-11-21-20-9-7-19(33-3)13-17(20)5-8-22(21)25(18)27/h7,9,13,15,18,21-23,25H,5-6,8,10-12,14H2,1-4H3,(H,28,29,30). The van der Waals surface area contributed by atoms with E-state index in [1.807, 2.05) is 6.92 Å². The number of hydrogen-bond donors (Lipinski definition) is 1. The molecule has 0 radical (unpaired) electrons. The molecule has 5 rings (SSSR count). The van der Waals surface area contributed by atoms with Gasteiger partial charge in [-0.25, -0.2) is 4.98 Å². The number of carbonyl (C=O) groups is 1. The maximum atomic E-state index is 12.8. The smallest absolute Gasteiger partial charge is 0.264 e. The van der Waals surface area contributed by atoms with Crippen molar-refractivity contribution in [1.82, 2.24) is 4.98 Å². The van der Waals surface area contributed by atoms with Crippen LogP contribution in [0.2, 0.25) is 0 Å². The van der Waals surface area contributed by atoms with Crippen LogP contribution in [0, 0.1) is 30.1 Å². The fourth-order valence-corrected chi connectivity index (χ4v) is 8.89. The van der Waals surface area contributed by atoms with Crippen molar-refractivity contribution in [3.63, 3.8) is 0 Å². The molecule has 7 nitrogen and oxygen atoms in total. The first-order valence-corrected chi connectivity index (χ1v) is 15.5. The van der Waals surface area contributed by atoms with Crippen LogP contribution in [-0.2, 0) is 25.5 Å². The number of methoxy groups -OCH3 is 1. The molecule has 6 unspecified atom stereocenters. The molecular formula is C27H36N2O5S2. The number of hydrogen-bond acceptors (Lipinski definition) is 7. The van der Waals surface area contributed by atoms with E-state index in [2.05, 4.69) is 35.4 Å². The average Bonchev–Trinajstić information content (AvgIpc) is 3.35. The van der Waals surface area contributed by atoms with E-state index >= 15 is 0 Å². The summed E-state index contributed by atoms with van der Waals surface area (Å²) in [5.41, 5.74) is 2.56. The third-order valence-corrected chi connectivity index (χ3v) is 10.3. The SMILES string of the molecule is COc1ccc2c(c1)CCC1C2CCC2(C)C(OS(C)(=O)=O)CC(CCC(=O)Nc3ncc(C)s3)C12. The maximum Gasteiger partial charge on any atom is 0.264 e. The molecule has 2 saturated carbocycles. The van der Waals surface area contributed by atoms with Gasteiger partial charge in [0.2, 0.25) is 5.91 Å². The van der Waals surface area contributed by atoms with Gasteiger partial charge in [0.1, 0.15) is 5.75 Å². The number of carbonyl (C=O) groups excluding carboxylic acids is 1. The number of ether oxygens (including phenoxy) is 1. The molecule has 0 spiro atoms. The Morgan fingerprint density at radius 3 is 2.81 bits per heavy atom. The number of anilines is 1. The lowest BCUT2D eigenvalue weighted by Gasteiger charge is -2.51. The highest BCUT2D eigenvalue weighted by molar-refractivity contribution is 7.86. The number of fused-ring (bicyclic) bond motifs is 5. The summed E-state index contributed by atoms with van der Waals surface area (Å²) in [4.78, 5) is 18.1. The first-order valence-electron chi connectivity index (χ1n) is 12.8. The number of benzene rings is 1. The third kappa shape index (κ3) is 4.94. The highest BCUT2D eigenvalue weighted by atomic mass is 32.2. The Hall–Kier alpha value is -1.97. The van der Waals surface area contributed by atoms with Gasteiger partial charge in [0, 0.05) is 17.5 Å². The zero-order valence-corrected chi connectivity index (χ0v) is 23.1. The molecule has 3 aliphatic carbocycles. The summed E-state index contributed by atoms with van der Waals surface area (Å²) in [7, 11) is -1.87. The quantitative estimate of drug-likeness (QED) is 0.486. The number of nitrogens with one attached hydrogen (secondary N) is 1. The van der Waals surface area contributed by atoms with Crippen LogP contribution in [-0.4, -0.2) is 38.8 Å². The predicted molar refractivity (Wildman–Crippen MR) is 141 cm³/mol. The van der Waals surface area contributed by atoms with Gasteiger partial charge in [-0.3, -0.25) is 8.98 Å². The van der Waals surface area contributed by atoms with E-state index in [1.54, 1.807) is 13.3 Å². The van der Waals surface area contributed by atoms with Crippen molar-refractivity contribution in [2.75, 3.05) is 18.7 Å². The van der Waals surface area contributed by atoms with E-state index in [1.165, 1.54) is 22.5 Å². The van der Waals surface area contributed by atoms with E-state index in [-0.39, 0.29) is 23.3 Å². The number of aryl methyl sites for hydroxylation is 2. The highest BCUT2D eigenvalue weighted by Crippen LogP contribution is 2.64. The normalized spacial score (nSPS) is 31.3. The Labute approximate surface area is 218 Å². The van der Waals surface area contributed by atoms with E-state index < -0.39 is 10.1 Å². The maximum absolute atomic E-state index is 12.8. The third-order valence-electron chi connectivity index (χ3n) is 8.89. The van der Waals surface area contributed by atoms with Crippen LogP contribution in [0.4, 0.5) is 5.13 Å². The first-order chi connectivity index (χ1) is 17.1. The summed E-state index contributed by atoms with van der Waals surface area (Å²) < 4.78 is 35.6. The van der Waals surface area contributed by atoms with Crippen molar-refractivity contribution in [1.29, 1.82) is 0 Å². The second-order valence-electron chi connectivity index (χ2n) is 11.1. The number of nitrogens with zero attached hydrogens (tertiary/aromatic N) is 1. The molecule has 36 heavy (non-hydrogen) atoms. The molecule has 1 aromatic heterocycles.